The van der Waals surface area contributed by atoms with Crippen LogP contribution in [-0.4, -0.2) is 15.0 Å². The van der Waals surface area contributed by atoms with E-state index in [1.54, 1.807) is 0 Å². The molecule has 1 spiro atoms. The molecule has 12 rings (SSSR count). The van der Waals surface area contributed by atoms with Crippen molar-refractivity contribution < 1.29 is 4.74 Å². The molecule has 4 heteroatoms. The van der Waals surface area contributed by atoms with Crippen molar-refractivity contribution in [2.24, 2.45) is 17.8 Å². The highest BCUT2D eigenvalue weighted by Gasteiger charge is 2.51. The molecule has 2 fully saturated rings. The number of ether oxygens (including phenoxy) is 1. The summed E-state index contributed by atoms with van der Waals surface area (Å²) < 4.78 is 7.00. The molecular formula is C57H47N3O. The van der Waals surface area contributed by atoms with Crippen molar-refractivity contribution in [2.45, 2.75) is 56.8 Å². The molecule has 1 aromatic heterocycles. The number of nitrogens with zero attached hydrogens (tertiary/aromatic N) is 3. The van der Waals surface area contributed by atoms with Gasteiger partial charge < -0.3 is 4.74 Å². The first-order chi connectivity index (χ1) is 30.0. The third kappa shape index (κ3) is 5.68. The van der Waals surface area contributed by atoms with Crippen LogP contribution in [0.5, 0.6) is 11.5 Å². The van der Waals surface area contributed by atoms with Crippen molar-refractivity contribution >= 4 is 0 Å². The van der Waals surface area contributed by atoms with Gasteiger partial charge in [0, 0.05) is 33.2 Å². The minimum atomic E-state index is -0.504. The van der Waals surface area contributed by atoms with Gasteiger partial charge in [-0.05, 0) is 94.9 Å². The molecular weight excluding hydrogens is 743 g/mol. The quantitative estimate of drug-likeness (QED) is 0.174. The lowest BCUT2D eigenvalue weighted by Gasteiger charge is -2.49. The first-order valence-corrected chi connectivity index (χ1v) is 22.1. The van der Waals surface area contributed by atoms with E-state index in [-0.39, 0.29) is 5.41 Å². The van der Waals surface area contributed by atoms with Gasteiger partial charge in [-0.2, -0.15) is 0 Å². The minimum absolute atomic E-state index is 0.0411. The highest BCUT2D eigenvalue weighted by atomic mass is 16.5. The third-order valence-electron chi connectivity index (χ3n) is 14.3. The maximum Gasteiger partial charge on any atom is 0.163 e. The highest BCUT2D eigenvalue weighted by molar-refractivity contribution is 5.90. The predicted molar refractivity (Wildman–Crippen MR) is 246 cm³/mol. The van der Waals surface area contributed by atoms with Crippen LogP contribution in [0.1, 0.15) is 74.0 Å². The zero-order valence-electron chi connectivity index (χ0n) is 34.7. The Balaban J connectivity index is 0.978. The van der Waals surface area contributed by atoms with Crippen LogP contribution in [0, 0.1) is 17.8 Å². The van der Waals surface area contributed by atoms with E-state index in [0.29, 0.717) is 11.8 Å². The van der Waals surface area contributed by atoms with Crippen LogP contribution in [0.25, 0.3) is 56.2 Å². The Hall–Kier alpha value is -6.65. The molecule has 3 unspecified atom stereocenters. The first kappa shape index (κ1) is 36.2. The summed E-state index contributed by atoms with van der Waals surface area (Å²) in [4.78, 5) is 16.1. The lowest BCUT2D eigenvalue weighted by Crippen LogP contribution is -2.43. The van der Waals surface area contributed by atoms with Gasteiger partial charge in [-0.15, -0.1) is 0 Å². The molecule has 3 aliphatic carbocycles. The Labute approximate surface area is 358 Å². The number of aromatic nitrogens is 3. The molecule has 2 heterocycles. The second-order valence-electron chi connectivity index (χ2n) is 18.4. The summed E-state index contributed by atoms with van der Waals surface area (Å²) in [6.07, 6.45) is 6.02. The van der Waals surface area contributed by atoms with E-state index < -0.39 is 5.41 Å². The zero-order chi connectivity index (χ0) is 40.7. The summed E-state index contributed by atoms with van der Waals surface area (Å²) in [6, 6.07) is 61.1. The number of benzene rings is 7. The van der Waals surface area contributed by atoms with Gasteiger partial charge >= 0.3 is 0 Å². The van der Waals surface area contributed by atoms with E-state index >= 15 is 0 Å². The number of rotatable bonds is 5. The average molecular weight is 790 g/mol. The van der Waals surface area contributed by atoms with Crippen molar-refractivity contribution in [3.8, 4) is 67.7 Å². The fraction of sp³-hybridized carbons (Fsp3) is 0.211. The number of hydrogen-bond donors (Lipinski definition) is 0. The summed E-state index contributed by atoms with van der Waals surface area (Å²) in [6.45, 7) is 4.86. The van der Waals surface area contributed by atoms with Crippen molar-refractivity contribution in [3.05, 3.63) is 198 Å². The summed E-state index contributed by atoms with van der Waals surface area (Å²) in [5.41, 5.74) is 13.5. The summed E-state index contributed by atoms with van der Waals surface area (Å²) in [5, 5.41) is 0. The molecule has 2 bridgehead atoms. The molecule has 0 N–H and O–H groups in total. The van der Waals surface area contributed by atoms with Gasteiger partial charge in [0.2, 0.25) is 0 Å². The van der Waals surface area contributed by atoms with Gasteiger partial charge in [0.1, 0.15) is 17.3 Å². The number of fused-ring (bicyclic) bond motifs is 11. The van der Waals surface area contributed by atoms with Crippen molar-refractivity contribution in [1.82, 2.24) is 15.0 Å². The largest absolute Gasteiger partial charge is 0.456 e. The minimum Gasteiger partial charge on any atom is -0.456 e. The van der Waals surface area contributed by atoms with E-state index in [1.165, 1.54) is 51.8 Å². The van der Waals surface area contributed by atoms with Gasteiger partial charge in [0.15, 0.2) is 11.6 Å². The molecule has 4 nitrogen and oxygen atoms in total. The van der Waals surface area contributed by atoms with Crippen molar-refractivity contribution in [1.29, 1.82) is 0 Å². The van der Waals surface area contributed by atoms with Crippen molar-refractivity contribution in [3.63, 3.8) is 0 Å². The van der Waals surface area contributed by atoms with E-state index in [2.05, 4.69) is 184 Å². The number of para-hydroxylation sites is 2. The van der Waals surface area contributed by atoms with Gasteiger partial charge in [-0.3, -0.25) is 0 Å². The van der Waals surface area contributed by atoms with Gasteiger partial charge in [0.05, 0.1) is 5.41 Å². The van der Waals surface area contributed by atoms with Gasteiger partial charge in [-0.1, -0.05) is 178 Å². The fourth-order valence-corrected chi connectivity index (χ4v) is 12.2. The summed E-state index contributed by atoms with van der Waals surface area (Å²) in [5.74, 6) is 6.26. The standard InChI is InChI=1S/C57H47N3O/c1-36-31-38-32-37(2)34-56(33-36,35-38)55-59-53(42-27-23-40(24-28-42)39-13-4-3-5-14-39)58-54(60-55)43-29-25-41(26-30-43)44-17-12-21-50-52(44)61-51-22-11-10-20-49(51)57(50)47-18-8-6-15-45(47)46-16-7-9-19-48(46)57/h3-30,36-38H,31-35H2,1-2H3/t36-,37?,38?,56?/m1/s1. The van der Waals surface area contributed by atoms with Crippen LogP contribution in [-0.2, 0) is 10.8 Å². The van der Waals surface area contributed by atoms with Crippen LogP contribution in [0.4, 0.5) is 0 Å². The molecule has 4 aliphatic rings. The SMILES string of the molecule is CC1CC2C[C@@H](C)CC(c3nc(-c4ccc(-c5ccccc5)cc4)nc(-c4ccc(-c5cccc6c5Oc5ccccc5C65c6ccccc6-c6ccccc65)cc4)n3)(C1)C2. The van der Waals surface area contributed by atoms with Crippen LogP contribution in [0.2, 0.25) is 0 Å². The molecule has 8 aromatic rings. The maximum absolute atomic E-state index is 7.00. The maximum atomic E-state index is 7.00. The monoisotopic (exact) mass is 789 g/mol. The molecule has 61 heavy (non-hydrogen) atoms. The predicted octanol–water partition coefficient (Wildman–Crippen LogP) is 14.1. The molecule has 0 amide bonds. The van der Waals surface area contributed by atoms with E-state index in [4.69, 9.17) is 19.7 Å². The second kappa shape index (κ2) is 14.0. The average Bonchev–Trinajstić information content (AvgIpc) is 3.59. The molecule has 4 atom stereocenters. The molecule has 0 radical (unpaired) electrons. The second-order valence-corrected chi connectivity index (χ2v) is 18.4. The Morgan fingerprint density at radius 3 is 1.56 bits per heavy atom. The Kier molecular flexibility index (Phi) is 8.29. The van der Waals surface area contributed by atoms with E-state index in [9.17, 15) is 0 Å². The zero-order valence-corrected chi connectivity index (χ0v) is 34.7. The molecule has 1 aliphatic heterocycles. The van der Waals surface area contributed by atoms with Gasteiger partial charge in [-0.25, -0.2) is 15.0 Å². The summed E-state index contributed by atoms with van der Waals surface area (Å²) >= 11 is 0. The summed E-state index contributed by atoms with van der Waals surface area (Å²) in [7, 11) is 0. The Bertz CT molecular complexity index is 2910. The molecule has 2 saturated carbocycles. The van der Waals surface area contributed by atoms with Crippen LogP contribution in [0.3, 0.4) is 0 Å². The Morgan fingerprint density at radius 2 is 0.918 bits per heavy atom. The molecule has 7 aromatic carbocycles. The smallest absolute Gasteiger partial charge is 0.163 e. The third-order valence-corrected chi connectivity index (χ3v) is 14.3. The van der Waals surface area contributed by atoms with E-state index in [0.717, 1.165) is 82.0 Å². The van der Waals surface area contributed by atoms with Crippen LogP contribution in [0.15, 0.2) is 170 Å². The highest BCUT2D eigenvalue weighted by Crippen LogP contribution is 2.63. The Morgan fingerprint density at radius 1 is 0.426 bits per heavy atom. The topological polar surface area (TPSA) is 47.9 Å². The fourth-order valence-electron chi connectivity index (χ4n) is 12.2. The van der Waals surface area contributed by atoms with Crippen molar-refractivity contribution in [2.75, 3.05) is 0 Å². The van der Waals surface area contributed by atoms with E-state index in [1.807, 2.05) is 0 Å². The molecule has 296 valence electrons. The van der Waals surface area contributed by atoms with Gasteiger partial charge in [0.25, 0.3) is 0 Å². The van der Waals surface area contributed by atoms with Crippen LogP contribution < -0.4 is 4.74 Å². The number of hydrogen-bond acceptors (Lipinski definition) is 4. The first-order valence-electron chi connectivity index (χ1n) is 22.1. The lowest BCUT2D eigenvalue weighted by atomic mass is 9.56. The molecule has 0 saturated heterocycles. The normalized spacial score (nSPS) is 21.4. The lowest BCUT2D eigenvalue weighted by molar-refractivity contribution is 0.0720. The van der Waals surface area contributed by atoms with Crippen LogP contribution >= 0.6 is 0 Å².